The lowest BCUT2D eigenvalue weighted by atomic mass is 9.33. The van der Waals surface area contributed by atoms with Crippen molar-refractivity contribution in [2.45, 2.75) is 179 Å². The summed E-state index contributed by atoms with van der Waals surface area (Å²) in [6.45, 7) is 10.4. The van der Waals surface area contributed by atoms with E-state index in [0.29, 0.717) is 18.9 Å². The average Bonchev–Trinajstić information content (AvgIpc) is 3.20. The monoisotopic (exact) mass is 816 g/mol. The SMILES string of the molecule is C[C@@H](CO)[C@@H]1CC[C@@]2(CC[C@]3(C)C(CCC4[C@@]5(C)CC[C@H](O[C@@H]6O[C@H](CO)[C@@H](O)[C@H](O)[C@H]6O[C@@H]6O[C@H](CO)[C@@H](O)[C@H](O)[C@H]6O)[C@@](C)(CO)C5CC[C@]43C)[C@H]2O)CO1. The van der Waals surface area contributed by atoms with E-state index in [-0.39, 0.29) is 58.7 Å². The van der Waals surface area contributed by atoms with Crippen LogP contribution in [0, 0.1) is 50.7 Å². The molecule has 3 unspecified atom stereocenters. The van der Waals surface area contributed by atoms with Crippen LogP contribution in [0.5, 0.6) is 0 Å². The number of aliphatic hydroxyl groups is 10. The summed E-state index contributed by atoms with van der Waals surface area (Å²) in [6.07, 6.45) is -8.02. The summed E-state index contributed by atoms with van der Waals surface area (Å²) < 4.78 is 30.6. The molecule has 3 aliphatic heterocycles. The third kappa shape index (κ3) is 6.89. The molecule has 0 bridgehead atoms. The van der Waals surface area contributed by atoms with Crippen molar-refractivity contribution in [3.05, 3.63) is 0 Å². The number of fused-ring (bicyclic) bond motifs is 5. The van der Waals surface area contributed by atoms with Crippen molar-refractivity contribution in [2.75, 3.05) is 33.0 Å². The Hall–Kier alpha value is -0.600. The zero-order chi connectivity index (χ0) is 41.5. The van der Waals surface area contributed by atoms with Crippen molar-refractivity contribution in [2.24, 2.45) is 50.7 Å². The van der Waals surface area contributed by atoms with Crippen molar-refractivity contribution in [3.8, 4) is 0 Å². The van der Waals surface area contributed by atoms with E-state index in [1.165, 1.54) is 0 Å². The van der Waals surface area contributed by atoms with Crippen molar-refractivity contribution < 1.29 is 74.7 Å². The summed E-state index contributed by atoms with van der Waals surface area (Å²) >= 11 is 0. The number of aliphatic hydroxyl groups excluding tert-OH is 10. The first-order valence-corrected chi connectivity index (χ1v) is 21.6. The maximum absolute atomic E-state index is 12.3. The van der Waals surface area contributed by atoms with Gasteiger partial charge in [0.05, 0.1) is 44.7 Å². The Kier molecular flexibility index (Phi) is 12.7. The van der Waals surface area contributed by atoms with Crippen LogP contribution in [0.25, 0.3) is 0 Å². The molecule has 3 heterocycles. The van der Waals surface area contributed by atoms with E-state index in [0.717, 1.165) is 57.8 Å². The molecule has 4 aliphatic carbocycles. The van der Waals surface area contributed by atoms with E-state index >= 15 is 0 Å². The number of hydrogen-bond donors (Lipinski definition) is 10. The minimum Gasteiger partial charge on any atom is -0.396 e. The highest BCUT2D eigenvalue weighted by molar-refractivity contribution is 5.19. The maximum Gasteiger partial charge on any atom is 0.187 e. The topological polar surface area (TPSA) is 248 Å². The van der Waals surface area contributed by atoms with Gasteiger partial charge in [-0.05, 0) is 98.2 Å². The van der Waals surface area contributed by atoms with Gasteiger partial charge in [0.15, 0.2) is 12.6 Å². The zero-order valence-corrected chi connectivity index (χ0v) is 34.4. The summed E-state index contributed by atoms with van der Waals surface area (Å²) in [7, 11) is 0. The van der Waals surface area contributed by atoms with E-state index in [9.17, 15) is 51.1 Å². The Morgan fingerprint density at radius 2 is 1.30 bits per heavy atom. The van der Waals surface area contributed by atoms with Crippen molar-refractivity contribution in [1.29, 1.82) is 0 Å². The van der Waals surface area contributed by atoms with Gasteiger partial charge in [-0.25, -0.2) is 0 Å². The van der Waals surface area contributed by atoms with Crippen molar-refractivity contribution >= 4 is 0 Å². The van der Waals surface area contributed by atoms with Gasteiger partial charge in [-0.3, -0.25) is 0 Å². The van der Waals surface area contributed by atoms with Gasteiger partial charge >= 0.3 is 0 Å². The zero-order valence-electron chi connectivity index (χ0n) is 34.4. The summed E-state index contributed by atoms with van der Waals surface area (Å²) in [5.74, 6) is 0.556. The average molecular weight is 817 g/mol. The van der Waals surface area contributed by atoms with Gasteiger partial charge in [0.25, 0.3) is 0 Å². The Bertz CT molecular complexity index is 1380. The van der Waals surface area contributed by atoms with Gasteiger partial charge in [0, 0.05) is 23.4 Å². The predicted molar refractivity (Wildman–Crippen MR) is 202 cm³/mol. The fraction of sp³-hybridized carbons (Fsp3) is 1.00. The van der Waals surface area contributed by atoms with E-state index in [1.807, 2.05) is 13.8 Å². The molecule has 0 radical (unpaired) electrons. The first-order valence-electron chi connectivity index (χ1n) is 21.6. The van der Waals surface area contributed by atoms with E-state index in [4.69, 9.17) is 23.7 Å². The lowest BCUT2D eigenvalue weighted by Gasteiger charge is -2.73. The molecule has 0 aromatic carbocycles. The Labute approximate surface area is 336 Å². The van der Waals surface area contributed by atoms with Gasteiger partial charge in [-0.2, -0.15) is 0 Å². The number of hydrogen-bond acceptors (Lipinski definition) is 15. The molecular weight excluding hydrogens is 744 g/mol. The summed E-state index contributed by atoms with van der Waals surface area (Å²) in [4.78, 5) is 0. The van der Waals surface area contributed by atoms with E-state index in [2.05, 4.69) is 20.8 Å². The van der Waals surface area contributed by atoms with Crippen LogP contribution >= 0.6 is 0 Å². The summed E-state index contributed by atoms with van der Waals surface area (Å²) in [6, 6.07) is 0. The summed E-state index contributed by atoms with van der Waals surface area (Å²) in [5.41, 5.74) is -1.40. The third-order valence-corrected chi connectivity index (χ3v) is 17.9. The molecule has 7 aliphatic rings. The van der Waals surface area contributed by atoms with Crippen LogP contribution in [-0.2, 0) is 23.7 Å². The Morgan fingerprint density at radius 3 is 1.91 bits per heavy atom. The predicted octanol–water partition coefficient (Wildman–Crippen LogP) is 0.192. The highest BCUT2D eigenvalue weighted by Gasteiger charge is 2.70. The molecule has 15 heteroatoms. The molecule has 0 aromatic rings. The van der Waals surface area contributed by atoms with Crippen LogP contribution in [0.1, 0.15) is 98.8 Å². The molecule has 22 atom stereocenters. The van der Waals surface area contributed by atoms with Crippen LogP contribution in [0.3, 0.4) is 0 Å². The van der Waals surface area contributed by atoms with Gasteiger partial charge in [-0.15, -0.1) is 0 Å². The molecule has 4 saturated carbocycles. The molecule has 0 aromatic heterocycles. The fourth-order valence-corrected chi connectivity index (χ4v) is 13.9. The van der Waals surface area contributed by atoms with Crippen molar-refractivity contribution in [1.82, 2.24) is 0 Å². The second kappa shape index (κ2) is 16.3. The van der Waals surface area contributed by atoms with Crippen LogP contribution in [-0.4, -0.2) is 164 Å². The van der Waals surface area contributed by atoms with Crippen molar-refractivity contribution in [3.63, 3.8) is 0 Å². The quantitative estimate of drug-likeness (QED) is 0.140. The number of rotatable bonds is 9. The molecule has 3 saturated heterocycles. The lowest BCUT2D eigenvalue weighted by Crippen LogP contribution is -2.69. The molecule has 10 N–H and O–H groups in total. The molecule has 7 fully saturated rings. The van der Waals surface area contributed by atoms with Crippen LogP contribution in [0.4, 0.5) is 0 Å². The molecule has 330 valence electrons. The van der Waals surface area contributed by atoms with Gasteiger partial charge in [0.2, 0.25) is 0 Å². The standard InChI is InChI=1S/C42H72O15/c1-21(16-43)23-8-13-42(20-53-23)15-14-40(4)22(35(42)52)6-7-27-38(2)11-10-28(39(3,19-46)26(38)9-12-41(27,40)5)56-37-34(32(50)30(48)25(18-45)55-37)57-36-33(51)31(49)29(47)24(17-44)54-36/h21-37,43-52H,6-20H2,1-5H3/t21-,22?,23-,24+,25+,26?,27?,28-,29+,30+,31-,32-,33+,34+,35+,36-,37-,38-,39-,40+,41+,42+/m0/s1. The van der Waals surface area contributed by atoms with E-state index in [1.54, 1.807) is 0 Å². The third-order valence-electron chi connectivity index (χ3n) is 17.9. The smallest absolute Gasteiger partial charge is 0.187 e. The highest BCUT2D eigenvalue weighted by atomic mass is 16.8. The molecule has 1 spiro atoms. The van der Waals surface area contributed by atoms with E-state index < -0.39 is 92.2 Å². The van der Waals surface area contributed by atoms with Gasteiger partial charge < -0.3 is 74.7 Å². The fourth-order valence-electron chi connectivity index (χ4n) is 13.9. The van der Waals surface area contributed by atoms with Gasteiger partial charge in [0.1, 0.15) is 48.8 Å². The minimum atomic E-state index is -1.78. The summed E-state index contributed by atoms with van der Waals surface area (Å²) in [5, 5.41) is 107. The first kappa shape index (κ1) is 44.5. The second-order valence-corrected chi connectivity index (χ2v) is 20.4. The Morgan fingerprint density at radius 1 is 0.632 bits per heavy atom. The largest absolute Gasteiger partial charge is 0.396 e. The maximum atomic E-state index is 12.3. The molecule has 7 rings (SSSR count). The van der Waals surface area contributed by atoms with Crippen LogP contribution < -0.4 is 0 Å². The van der Waals surface area contributed by atoms with Gasteiger partial charge in [-0.1, -0.05) is 34.6 Å². The Balaban J connectivity index is 1.10. The highest BCUT2D eigenvalue weighted by Crippen LogP contribution is 2.75. The first-order chi connectivity index (χ1) is 26.9. The molecule has 0 amide bonds. The molecular formula is C42H72O15. The van der Waals surface area contributed by atoms with Crippen LogP contribution in [0.2, 0.25) is 0 Å². The molecule has 15 nitrogen and oxygen atoms in total. The normalized spacial score (nSPS) is 56.1. The molecule has 57 heavy (non-hydrogen) atoms. The minimum absolute atomic E-state index is 0.0165. The lowest BCUT2D eigenvalue weighted by molar-refractivity contribution is -0.380. The second-order valence-electron chi connectivity index (χ2n) is 20.4. The van der Waals surface area contributed by atoms with Crippen LogP contribution in [0.15, 0.2) is 0 Å². The number of ether oxygens (including phenoxy) is 5.